The van der Waals surface area contributed by atoms with E-state index < -0.39 is 42.8 Å². The van der Waals surface area contributed by atoms with Crippen molar-refractivity contribution in [2.75, 3.05) is 12.8 Å². The molecule has 28 heavy (non-hydrogen) atoms. The molecule has 12 heteroatoms. The molecule has 1 aromatic carbocycles. The highest BCUT2D eigenvalue weighted by molar-refractivity contribution is 7.89. The van der Waals surface area contributed by atoms with Gasteiger partial charge in [0.15, 0.2) is 0 Å². The van der Waals surface area contributed by atoms with Gasteiger partial charge in [-0.3, -0.25) is 14.9 Å². The van der Waals surface area contributed by atoms with Gasteiger partial charge in [-0.2, -0.15) is 4.31 Å². The normalized spacial score (nSPS) is 23.0. The lowest BCUT2D eigenvalue weighted by Gasteiger charge is -2.26. The van der Waals surface area contributed by atoms with Gasteiger partial charge in [-0.1, -0.05) is 19.4 Å². The fraction of sp³-hybridized carbons (Fsp3) is 0.438. The summed E-state index contributed by atoms with van der Waals surface area (Å²) >= 11 is 0. The fourth-order valence-electron chi connectivity index (χ4n) is 3.68. The van der Waals surface area contributed by atoms with E-state index in [9.17, 15) is 31.7 Å². The number of fused-ring (bicyclic) bond motifs is 1. The molecular formula is C16H19N3O7S2. The van der Waals surface area contributed by atoms with E-state index in [2.05, 4.69) is 0 Å². The van der Waals surface area contributed by atoms with Crippen LogP contribution in [0.25, 0.3) is 0 Å². The molecule has 3 rings (SSSR count). The van der Waals surface area contributed by atoms with Crippen LogP contribution in [0.5, 0.6) is 0 Å². The number of sulfonamides is 2. The molecule has 0 radical (unpaired) electrons. The topological polar surface area (TPSA) is 135 Å². The van der Waals surface area contributed by atoms with E-state index in [1.807, 2.05) is 6.92 Å². The molecule has 2 atom stereocenters. The maximum absolute atomic E-state index is 13.2. The van der Waals surface area contributed by atoms with Gasteiger partial charge in [-0.25, -0.2) is 21.1 Å². The van der Waals surface area contributed by atoms with E-state index in [-0.39, 0.29) is 22.8 Å². The lowest BCUT2D eigenvalue weighted by molar-refractivity contribution is -0.385. The van der Waals surface area contributed by atoms with Gasteiger partial charge < -0.3 is 0 Å². The number of amides is 1. The van der Waals surface area contributed by atoms with Crippen molar-refractivity contribution in [2.24, 2.45) is 5.92 Å². The molecule has 0 aromatic heterocycles. The second-order valence-electron chi connectivity index (χ2n) is 6.66. The summed E-state index contributed by atoms with van der Waals surface area (Å²) in [4.78, 5) is 22.7. The maximum Gasteiger partial charge on any atom is 0.270 e. The minimum Gasteiger partial charge on any atom is -0.273 e. The second-order valence-corrected chi connectivity index (χ2v) is 10.4. The first-order chi connectivity index (χ1) is 13.0. The number of nitro benzene ring substituents is 1. The third kappa shape index (κ3) is 3.20. The van der Waals surface area contributed by atoms with Crippen LogP contribution in [-0.2, 0) is 24.8 Å². The van der Waals surface area contributed by atoms with Gasteiger partial charge >= 0.3 is 0 Å². The monoisotopic (exact) mass is 429 g/mol. The summed E-state index contributed by atoms with van der Waals surface area (Å²) in [6.07, 6.45) is 3.18. The van der Waals surface area contributed by atoms with Crippen LogP contribution in [-0.4, -0.2) is 55.1 Å². The molecule has 2 aliphatic rings. The summed E-state index contributed by atoms with van der Waals surface area (Å²) in [6, 6.07) is 3.68. The number of rotatable bonds is 6. The molecule has 1 fully saturated rings. The Kier molecular flexibility index (Phi) is 5.06. The van der Waals surface area contributed by atoms with Gasteiger partial charge in [0.1, 0.15) is 0 Å². The van der Waals surface area contributed by atoms with E-state index in [0.29, 0.717) is 17.1 Å². The first-order valence-electron chi connectivity index (χ1n) is 8.50. The van der Waals surface area contributed by atoms with Crippen LogP contribution in [0.3, 0.4) is 0 Å². The molecular weight excluding hydrogens is 410 g/mol. The maximum atomic E-state index is 13.2. The zero-order valence-electron chi connectivity index (χ0n) is 15.2. The number of nitrogens with zero attached hydrogens (tertiary/aromatic N) is 3. The van der Waals surface area contributed by atoms with E-state index in [1.165, 1.54) is 24.3 Å². The van der Waals surface area contributed by atoms with Crippen LogP contribution in [0.4, 0.5) is 5.69 Å². The van der Waals surface area contributed by atoms with Gasteiger partial charge in [-0.15, -0.1) is 0 Å². The largest absolute Gasteiger partial charge is 0.273 e. The van der Waals surface area contributed by atoms with Crippen molar-refractivity contribution >= 4 is 31.6 Å². The quantitative estimate of drug-likeness (QED) is 0.487. The summed E-state index contributed by atoms with van der Waals surface area (Å²) < 4.78 is 52.2. The van der Waals surface area contributed by atoms with E-state index in [0.717, 1.165) is 16.6 Å². The van der Waals surface area contributed by atoms with Gasteiger partial charge in [0.2, 0.25) is 26.0 Å². The second kappa shape index (κ2) is 6.94. The van der Waals surface area contributed by atoms with E-state index in [4.69, 9.17) is 0 Å². The van der Waals surface area contributed by atoms with Gasteiger partial charge in [-0.05, 0) is 18.6 Å². The molecule has 0 aliphatic carbocycles. The molecule has 0 unspecified atom stereocenters. The number of carbonyl (C=O) groups is 1. The highest BCUT2D eigenvalue weighted by Crippen LogP contribution is 2.42. The molecule has 1 saturated heterocycles. The Bertz CT molecular complexity index is 1080. The Morgan fingerprint density at radius 3 is 2.50 bits per heavy atom. The zero-order chi connectivity index (χ0) is 20.9. The molecule has 1 amide bonds. The Morgan fingerprint density at radius 1 is 1.25 bits per heavy atom. The molecule has 0 saturated carbocycles. The highest BCUT2D eigenvalue weighted by Gasteiger charge is 2.55. The lowest BCUT2D eigenvalue weighted by atomic mass is 9.97. The third-order valence-corrected chi connectivity index (χ3v) is 7.69. The molecule has 2 aliphatic heterocycles. The first-order valence-corrected chi connectivity index (χ1v) is 11.8. The average molecular weight is 429 g/mol. The van der Waals surface area contributed by atoms with Crippen LogP contribution in [0.15, 0.2) is 40.9 Å². The van der Waals surface area contributed by atoms with Gasteiger partial charge in [0, 0.05) is 18.7 Å². The Morgan fingerprint density at radius 2 is 1.93 bits per heavy atom. The van der Waals surface area contributed by atoms with Crippen molar-refractivity contribution < 1.29 is 26.6 Å². The van der Waals surface area contributed by atoms with Crippen molar-refractivity contribution in [3.05, 3.63) is 46.2 Å². The summed E-state index contributed by atoms with van der Waals surface area (Å²) in [5.41, 5.74) is -0.251. The Labute approximate surface area is 162 Å². The lowest BCUT2D eigenvalue weighted by Crippen LogP contribution is -2.41. The SMILES string of the molecule is CCC[C@H]1C(=O)N(S(C)(=O)=O)C2=CCN(S(=O)(=O)c3cccc([N+](=O)[O-])c3)[C@@H]21. The van der Waals surface area contributed by atoms with E-state index in [1.54, 1.807) is 0 Å². The minimum atomic E-state index is -4.19. The summed E-state index contributed by atoms with van der Waals surface area (Å²) in [6.45, 7) is 1.69. The molecule has 10 nitrogen and oxygen atoms in total. The zero-order valence-corrected chi connectivity index (χ0v) is 16.8. The van der Waals surface area contributed by atoms with Crippen LogP contribution < -0.4 is 0 Å². The first kappa shape index (κ1) is 20.4. The van der Waals surface area contributed by atoms with Crippen LogP contribution in [0.1, 0.15) is 19.8 Å². The Hall–Kier alpha value is -2.31. The predicted octanol–water partition coefficient (Wildman–Crippen LogP) is 1.07. The Balaban J connectivity index is 2.06. The summed E-state index contributed by atoms with van der Waals surface area (Å²) in [5.74, 6) is -1.48. The van der Waals surface area contributed by atoms with Crippen molar-refractivity contribution in [3.8, 4) is 0 Å². The van der Waals surface area contributed by atoms with Crippen molar-refractivity contribution in [2.45, 2.75) is 30.7 Å². The third-order valence-electron chi connectivity index (χ3n) is 4.79. The summed E-state index contributed by atoms with van der Waals surface area (Å²) in [7, 11) is -8.09. The number of benzene rings is 1. The average Bonchev–Trinajstić information content (AvgIpc) is 3.13. The summed E-state index contributed by atoms with van der Waals surface area (Å²) in [5, 5.41) is 11.0. The molecule has 0 spiro atoms. The minimum absolute atomic E-state index is 0.120. The molecule has 152 valence electrons. The van der Waals surface area contributed by atoms with Crippen LogP contribution in [0, 0.1) is 16.0 Å². The van der Waals surface area contributed by atoms with Crippen molar-refractivity contribution in [3.63, 3.8) is 0 Å². The number of hydrogen-bond acceptors (Lipinski definition) is 7. The number of carbonyl (C=O) groups excluding carboxylic acids is 1. The molecule has 0 bridgehead atoms. The van der Waals surface area contributed by atoms with Crippen molar-refractivity contribution in [1.29, 1.82) is 0 Å². The van der Waals surface area contributed by atoms with E-state index >= 15 is 0 Å². The van der Waals surface area contributed by atoms with Gasteiger partial charge in [0.05, 0.1) is 33.7 Å². The van der Waals surface area contributed by atoms with Crippen molar-refractivity contribution in [1.82, 2.24) is 8.61 Å². The standard InChI is InChI=1S/C16H19N3O7S2/c1-3-5-13-15-14(18(16(13)20)27(2,23)24)8-9-17(15)28(25,26)12-7-4-6-11(10-12)19(21)22/h4,6-8,10,13,15H,3,5,9H2,1-2H3/t13-,15-/m1/s1. The number of nitro groups is 1. The molecule has 0 N–H and O–H groups in total. The predicted molar refractivity (Wildman–Crippen MR) is 98.9 cm³/mol. The fourth-order valence-corrected chi connectivity index (χ4v) is 6.32. The van der Waals surface area contributed by atoms with Crippen LogP contribution in [0.2, 0.25) is 0 Å². The smallest absolute Gasteiger partial charge is 0.270 e. The highest BCUT2D eigenvalue weighted by atomic mass is 32.2. The van der Waals surface area contributed by atoms with Gasteiger partial charge in [0.25, 0.3) is 5.69 Å². The number of non-ortho nitro benzene ring substituents is 1. The molecule has 1 aromatic rings. The number of hydrogen-bond donors (Lipinski definition) is 0. The van der Waals surface area contributed by atoms with Crippen LogP contribution >= 0.6 is 0 Å². The molecule has 2 heterocycles.